The van der Waals surface area contributed by atoms with Gasteiger partial charge in [-0.3, -0.25) is 4.31 Å². The number of amidine groups is 1. The molecule has 0 unspecified atom stereocenters. The van der Waals surface area contributed by atoms with Crippen molar-refractivity contribution in [3.63, 3.8) is 0 Å². The molecule has 0 fully saturated rings. The first-order chi connectivity index (χ1) is 15.2. The van der Waals surface area contributed by atoms with E-state index in [-0.39, 0.29) is 15.7 Å². The fourth-order valence-corrected chi connectivity index (χ4v) is 5.84. The Morgan fingerprint density at radius 1 is 0.909 bits per heavy atom. The van der Waals surface area contributed by atoms with Gasteiger partial charge in [-0.1, -0.05) is 59.7 Å². The molecule has 0 atom stereocenters. The summed E-state index contributed by atoms with van der Waals surface area (Å²) >= 11 is 0. The van der Waals surface area contributed by atoms with Gasteiger partial charge in [0.1, 0.15) is 16.5 Å². The van der Waals surface area contributed by atoms with Gasteiger partial charge in [-0.15, -0.1) is 0 Å². The fraction of sp³-hybridized carbons (Fsp3) is 0.519. The topological polar surface area (TPSA) is 59.0 Å². The first kappa shape index (κ1) is 25.3. The normalized spacial score (nSPS) is 15.7. The zero-order valence-corrected chi connectivity index (χ0v) is 21.9. The second-order valence-corrected chi connectivity index (χ2v) is 13.2. The molecule has 6 heteroatoms. The molecule has 0 aliphatic carbocycles. The van der Waals surface area contributed by atoms with Crippen molar-refractivity contribution in [2.75, 3.05) is 13.2 Å². The smallest absolute Gasteiger partial charge is 0.267 e. The van der Waals surface area contributed by atoms with Gasteiger partial charge in [0.15, 0.2) is 0 Å². The third-order valence-corrected chi connectivity index (χ3v) is 7.27. The van der Waals surface area contributed by atoms with E-state index < -0.39 is 10.0 Å². The Kier molecular flexibility index (Phi) is 7.27. The van der Waals surface area contributed by atoms with E-state index in [2.05, 4.69) is 64.7 Å². The summed E-state index contributed by atoms with van der Waals surface area (Å²) in [7, 11) is -3.58. The highest BCUT2D eigenvalue weighted by atomic mass is 32.2. The molecule has 1 aliphatic heterocycles. The lowest BCUT2D eigenvalue weighted by Crippen LogP contribution is -2.38. The molecular formula is C27H38N2O3S. The first-order valence-corrected chi connectivity index (χ1v) is 13.1. The Morgan fingerprint density at radius 3 is 2.06 bits per heavy atom. The number of hydrogen-bond donors (Lipinski definition) is 0. The standard InChI is InChI=1S/C27H38N2O3S/c1-20-28-24-11-8-9-12-25(24)33(30,31)29(20)13-10-14-32-23-16-21(18-26(2,3)4)15-22(17-23)19-27(5,6)7/h8-9,11-12,15-17H,10,13-14,18-19H2,1-7H3. The van der Waals surface area contributed by atoms with Crippen LogP contribution in [0.25, 0.3) is 0 Å². The molecule has 1 aliphatic rings. The lowest BCUT2D eigenvalue weighted by atomic mass is 9.84. The highest BCUT2D eigenvalue weighted by molar-refractivity contribution is 7.90. The van der Waals surface area contributed by atoms with Crippen LogP contribution in [0.3, 0.4) is 0 Å². The van der Waals surface area contributed by atoms with Crippen LogP contribution >= 0.6 is 0 Å². The molecule has 5 nitrogen and oxygen atoms in total. The number of aliphatic imine (C=N–C) groups is 1. The van der Waals surface area contributed by atoms with Crippen molar-refractivity contribution in [1.29, 1.82) is 0 Å². The van der Waals surface area contributed by atoms with E-state index >= 15 is 0 Å². The van der Waals surface area contributed by atoms with Crippen LogP contribution in [-0.4, -0.2) is 31.7 Å². The Bertz CT molecular complexity index is 1090. The van der Waals surface area contributed by atoms with Crippen LogP contribution in [0.2, 0.25) is 0 Å². The second kappa shape index (κ2) is 9.49. The maximum Gasteiger partial charge on any atom is 0.267 e. The first-order valence-electron chi connectivity index (χ1n) is 11.7. The third kappa shape index (κ3) is 6.83. The quantitative estimate of drug-likeness (QED) is 0.441. The van der Waals surface area contributed by atoms with E-state index in [1.54, 1.807) is 31.2 Å². The number of hydrogen-bond acceptors (Lipinski definition) is 4. The molecule has 1 heterocycles. The summed E-state index contributed by atoms with van der Waals surface area (Å²) in [6.07, 6.45) is 2.53. The average Bonchev–Trinajstić information content (AvgIpc) is 2.64. The zero-order chi connectivity index (χ0) is 24.4. The molecule has 0 aromatic heterocycles. The lowest BCUT2D eigenvalue weighted by molar-refractivity contribution is 0.301. The minimum atomic E-state index is -3.58. The highest BCUT2D eigenvalue weighted by Gasteiger charge is 2.31. The van der Waals surface area contributed by atoms with Crippen molar-refractivity contribution in [1.82, 2.24) is 4.31 Å². The highest BCUT2D eigenvalue weighted by Crippen LogP contribution is 2.32. The molecule has 2 aromatic carbocycles. The van der Waals surface area contributed by atoms with E-state index in [1.165, 1.54) is 15.4 Å². The summed E-state index contributed by atoms with van der Waals surface area (Å²) in [6.45, 7) is 16.0. The van der Waals surface area contributed by atoms with E-state index in [4.69, 9.17) is 4.74 Å². The molecule has 0 bridgehead atoms. The van der Waals surface area contributed by atoms with Gasteiger partial charge in [0.05, 0.1) is 12.3 Å². The summed E-state index contributed by atoms with van der Waals surface area (Å²) < 4.78 is 33.6. The summed E-state index contributed by atoms with van der Waals surface area (Å²) in [5, 5.41) is 0. The van der Waals surface area contributed by atoms with Crippen LogP contribution in [0.15, 0.2) is 52.4 Å². The molecule has 0 saturated carbocycles. The van der Waals surface area contributed by atoms with Crippen LogP contribution in [-0.2, 0) is 22.9 Å². The number of rotatable bonds is 7. The van der Waals surface area contributed by atoms with Crippen LogP contribution in [0.4, 0.5) is 5.69 Å². The lowest BCUT2D eigenvalue weighted by Gasteiger charge is -2.28. The van der Waals surface area contributed by atoms with Gasteiger partial charge in [0.2, 0.25) is 0 Å². The van der Waals surface area contributed by atoms with Gasteiger partial charge in [0.25, 0.3) is 10.0 Å². The number of para-hydroxylation sites is 1. The van der Waals surface area contributed by atoms with E-state index in [1.807, 2.05) is 0 Å². The number of benzene rings is 2. The van der Waals surface area contributed by atoms with Gasteiger partial charge in [-0.05, 0) is 66.0 Å². The maximum atomic E-state index is 13.0. The van der Waals surface area contributed by atoms with Gasteiger partial charge in [0, 0.05) is 13.0 Å². The summed E-state index contributed by atoms with van der Waals surface area (Å²) in [4.78, 5) is 4.74. The van der Waals surface area contributed by atoms with Crippen molar-refractivity contribution in [2.45, 2.75) is 72.6 Å². The molecule has 0 spiro atoms. The predicted octanol–water partition coefficient (Wildman–Crippen LogP) is 6.39. The zero-order valence-electron chi connectivity index (χ0n) is 21.1. The number of nitrogens with zero attached hydrogens (tertiary/aromatic N) is 2. The SMILES string of the molecule is CC1=Nc2ccccc2S(=O)(=O)N1CCCOc1cc(CC(C)(C)C)cc(CC(C)(C)C)c1. The Morgan fingerprint density at radius 2 is 1.48 bits per heavy atom. The van der Waals surface area contributed by atoms with E-state index in [0.717, 1.165) is 18.6 Å². The monoisotopic (exact) mass is 470 g/mol. The molecule has 0 amide bonds. The van der Waals surface area contributed by atoms with Crippen molar-refractivity contribution >= 4 is 21.5 Å². The summed E-state index contributed by atoms with van der Waals surface area (Å²) in [5.74, 6) is 1.35. The molecular weight excluding hydrogens is 432 g/mol. The predicted molar refractivity (Wildman–Crippen MR) is 136 cm³/mol. The van der Waals surface area contributed by atoms with Crippen molar-refractivity contribution < 1.29 is 13.2 Å². The Labute approximate surface area is 199 Å². The number of ether oxygens (including phenoxy) is 1. The van der Waals surface area contributed by atoms with E-state index in [9.17, 15) is 8.42 Å². The molecule has 0 N–H and O–H groups in total. The average molecular weight is 471 g/mol. The second-order valence-electron chi connectivity index (χ2n) is 11.4. The molecule has 3 rings (SSSR count). The molecule has 33 heavy (non-hydrogen) atoms. The summed E-state index contributed by atoms with van der Waals surface area (Å²) in [5.41, 5.74) is 3.43. The van der Waals surface area contributed by atoms with Crippen molar-refractivity contribution in [3.8, 4) is 5.75 Å². The van der Waals surface area contributed by atoms with Crippen LogP contribution in [0, 0.1) is 10.8 Å². The molecule has 2 aromatic rings. The number of sulfonamides is 1. The van der Waals surface area contributed by atoms with Gasteiger partial charge in [-0.25, -0.2) is 13.4 Å². The minimum Gasteiger partial charge on any atom is -0.494 e. The van der Waals surface area contributed by atoms with Gasteiger partial charge in [-0.2, -0.15) is 0 Å². The van der Waals surface area contributed by atoms with Crippen LogP contribution < -0.4 is 4.74 Å². The molecule has 180 valence electrons. The largest absolute Gasteiger partial charge is 0.494 e. The van der Waals surface area contributed by atoms with Gasteiger partial charge >= 0.3 is 0 Å². The Balaban J connectivity index is 1.69. The summed E-state index contributed by atoms with van der Waals surface area (Å²) in [6, 6.07) is 13.4. The Hall–Kier alpha value is -2.34. The van der Waals surface area contributed by atoms with Crippen molar-refractivity contribution in [2.24, 2.45) is 15.8 Å². The van der Waals surface area contributed by atoms with Gasteiger partial charge < -0.3 is 4.74 Å². The molecule has 0 saturated heterocycles. The molecule has 0 radical (unpaired) electrons. The van der Waals surface area contributed by atoms with Crippen LogP contribution in [0.5, 0.6) is 5.75 Å². The van der Waals surface area contributed by atoms with E-state index in [0.29, 0.717) is 31.1 Å². The number of fused-ring (bicyclic) bond motifs is 1. The third-order valence-electron chi connectivity index (χ3n) is 5.35. The maximum absolute atomic E-state index is 13.0. The van der Waals surface area contributed by atoms with Crippen LogP contribution in [0.1, 0.15) is 66.0 Å². The minimum absolute atomic E-state index is 0.188. The van der Waals surface area contributed by atoms with Crippen molar-refractivity contribution in [3.05, 3.63) is 53.6 Å². The fourth-order valence-electron chi connectivity index (χ4n) is 4.21.